The third-order valence-corrected chi connectivity index (χ3v) is 5.01. The summed E-state index contributed by atoms with van der Waals surface area (Å²) in [7, 11) is -3.85. The first kappa shape index (κ1) is 13.6. The molecule has 1 aromatic carbocycles. The van der Waals surface area contributed by atoms with E-state index in [0.29, 0.717) is 5.56 Å². The molecular formula is C11H13FO4S. The third kappa shape index (κ3) is 2.82. The second-order valence-electron chi connectivity index (χ2n) is 4.20. The summed E-state index contributed by atoms with van der Waals surface area (Å²) in [6.45, 7) is 2.27. The summed E-state index contributed by atoms with van der Waals surface area (Å²) >= 11 is 0. The molecule has 0 saturated carbocycles. The molecule has 0 fully saturated rings. The maximum atomic E-state index is 12.6. The van der Waals surface area contributed by atoms with Crippen molar-refractivity contribution in [1.82, 2.24) is 0 Å². The first-order chi connectivity index (χ1) is 7.67. The number of carboxylic acids is 1. The van der Waals surface area contributed by atoms with Crippen LogP contribution in [0, 0.1) is 5.82 Å². The normalized spacial score (nSPS) is 12.4. The second kappa shape index (κ2) is 4.44. The van der Waals surface area contributed by atoms with Gasteiger partial charge in [0.2, 0.25) is 0 Å². The molecule has 0 spiro atoms. The first-order valence-electron chi connectivity index (χ1n) is 4.87. The summed E-state index contributed by atoms with van der Waals surface area (Å²) in [6.07, 6.45) is 0. The number of benzene rings is 1. The number of hydrogen-bond donors (Lipinski definition) is 1. The Labute approximate surface area is 99.0 Å². The minimum Gasteiger partial charge on any atom is -0.480 e. The van der Waals surface area contributed by atoms with Crippen LogP contribution in [-0.4, -0.2) is 24.2 Å². The number of sulfone groups is 1. The fraction of sp³-hybridized carbons (Fsp3) is 0.364. The van der Waals surface area contributed by atoms with E-state index in [1.807, 2.05) is 0 Å². The molecule has 0 amide bonds. The van der Waals surface area contributed by atoms with Gasteiger partial charge in [-0.15, -0.1) is 0 Å². The van der Waals surface area contributed by atoms with Crippen LogP contribution in [-0.2, 0) is 20.4 Å². The zero-order valence-corrected chi connectivity index (χ0v) is 10.3. The van der Waals surface area contributed by atoms with E-state index in [2.05, 4.69) is 0 Å². The van der Waals surface area contributed by atoms with Gasteiger partial charge in [0.25, 0.3) is 0 Å². The molecule has 1 N–H and O–H groups in total. The van der Waals surface area contributed by atoms with Crippen molar-refractivity contribution in [2.24, 2.45) is 0 Å². The maximum absolute atomic E-state index is 12.6. The Hall–Kier alpha value is -1.43. The van der Waals surface area contributed by atoms with Crippen molar-refractivity contribution in [2.45, 2.75) is 24.3 Å². The second-order valence-corrected chi connectivity index (χ2v) is 6.74. The first-order valence-corrected chi connectivity index (χ1v) is 6.52. The fourth-order valence-corrected chi connectivity index (χ4v) is 2.37. The molecule has 1 rings (SSSR count). The van der Waals surface area contributed by atoms with Gasteiger partial charge in [-0.2, -0.15) is 0 Å². The molecule has 17 heavy (non-hydrogen) atoms. The number of halogens is 1. The summed E-state index contributed by atoms with van der Waals surface area (Å²) in [5.74, 6) is -2.30. The Bertz CT molecular complexity index is 517. The van der Waals surface area contributed by atoms with Crippen molar-refractivity contribution < 1.29 is 22.7 Å². The number of hydrogen-bond acceptors (Lipinski definition) is 3. The Morgan fingerprint density at radius 3 is 2.18 bits per heavy atom. The lowest BCUT2D eigenvalue weighted by Crippen LogP contribution is -2.41. The summed E-state index contributed by atoms with van der Waals surface area (Å²) in [5.41, 5.74) is 0.362. The van der Waals surface area contributed by atoms with Crippen LogP contribution in [0.4, 0.5) is 4.39 Å². The lowest BCUT2D eigenvalue weighted by Gasteiger charge is -2.19. The van der Waals surface area contributed by atoms with Crippen LogP contribution in [0.15, 0.2) is 24.3 Å². The molecule has 0 aromatic heterocycles. The van der Waals surface area contributed by atoms with Gasteiger partial charge in [0.1, 0.15) is 5.82 Å². The maximum Gasteiger partial charge on any atom is 0.324 e. The largest absolute Gasteiger partial charge is 0.480 e. The zero-order chi connectivity index (χ0) is 13.3. The zero-order valence-electron chi connectivity index (χ0n) is 9.47. The monoisotopic (exact) mass is 260 g/mol. The van der Waals surface area contributed by atoms with Gasteiger partial charge in [-0.3, -0.25) is 4.79 Å². The van der Waals surface area contributed by atoms with E-state index in [9.17, 15) is 17.6 Å². The lowest BCUT2D eigenvalue weighted by molar-refractivity contribution is -0.139. The third-order valence-electron chi connectivity index (χ3n) is 2.56. The minimum absolute atomic E-state index is 0.362. The molecule has 0 aliphatic rings. The molecule has 94 valence electrons. The Kier molecular flexibility index (Phi) is 3.56. The van der Waals surface area contributed by atoms with Crippen molar-refractivity contribution in [2.75, 3.05) is 0 Å². The van der Waals surface area contributed by atoms with Crippen LogP contribution in [0.3, 0.4) is 0 Å². The van der Waals surface area contributed by atoms with E-state index in [-0.39, 0.29) is 0 Å². The van der Waals surface area contributed by atoms with Crippen molar-refractivity contribution in [3.8, 4) is 0 Å². The SMILES string of the molecule is CC(C)(C(=O)O)S(=O)(=O)Cc1ccc(F)cc1. The van der Waals surface area contributed by atoms with E-state index >= 15 is 0 Å². The molecule has 6 heteroatoms. The van der Waals surface area contributed by atoms with E-state index in [1.54, 1.807) is 0 Å². The summed E-state index contributed by atoms with van der Waals surface area (Å²) in [4.78, 5) is 10.9. The quantitative estimate of drug-likeness (QED) is 0.892. The summed E-state index contributed by atoms with van der Waals surface area (Å²) in [6, 6.07) is 4.92. The molecule has 0 heterocycles. The summed E-state index contributed by atoms with van der Waals surface area (Å²) in [5, 5.41) is 8.86. The standard InChI is InChI=1S/C11H13FO4S/c1-11(2,10(13)14)17(15,16)7-8-3-5-9(12)6-4-8/h3-6H,7H2,1-2H3,(H,13,14). The number of rotatable bonds is 4. The molecule has 0 unspecified atom stereocenters. The van der Waals surface area contributed by atoms with Crippen LogP contribution in [0.25, 0.3) is 0 Å². The van der Waals surface area contributed by atoms with Gasteiger partial charge in [-0.25, -0.2) is 12.8 Å². The van der Waals surface area contributed by atoms with Crippen molar-refractivity contribution in [3.05, 3.63) is 35.6 Å². The predicted octanol–water partition coefficient (Wildman–Crippen LogP) is 1.60. The molecule has 0 radical (unpaired) electrons. The predicted molar refractivity (Wildman–Crippen MR) is 60.7 cm³/mol. The Morgan fingerprint density at radius 1 is 1.29 bits per heavy atom. The van der Waals surface area contributed by atoms with Gasteiger partial charge in [0.15, 0.2) is 14.6 Å². The topological polar surface area (TPSA) is 71.4 Å². The fourth-order valence-electron chi connectivity index (χ4n) is 1.11. The van der Waals surface area contributed by atoms with Gasteiger partial charge in [-0.05, 0) is 31.5 Å². The highest BCUT2D eigenvalue weighted by Crippen LogP contribution is 2.21. The lowest BCUT2D eigenvalue weighted by atomic mass is 10.2. The highest BCUT2D eigenvalue weighted by molar-refractivity contribution is 7.92. The number of carbonyl (C=O) groups is 1. The van der Waals surface area contributed by atoms with Gasteiger partial charge in [0.05, 0.1) is 5.75 Å². The average molecular weight is 260 g/mol. The molecule has 0 aliphatic carbocycles. The van der Waals surface area contributed by atoms with Crippen molar-refractivity contribution in [3.63, 3.8) is 0 Å². The van der Waals surface area contributed by atoms with Crippen LogP contribution >= 0.6 is 0 Å². The average Bonchev–Trinajstić information content (AvgIpc) is 2.20. The number of carboxylic acid groups (broad SMARTS) is 1. The van der Waals surface area contributed by atoms with Crippen LogP contribution < -0.4 is 0 Å². The van der Waals surface area contributed by atoms with Crippen LogP contribution in [0.1, 0.15) is 19.4 Å². The Morgan fingerprint density at radius 2 is 1.76 bits per heavy atom. The molecule has 0 atom stereocenters. The molecule has 4 nitrogen and oxygen atoms in total. The van der Waals surface area contributed by atoms with Crippen LogP contribution in [0.2, 0.25) is 0 Å². The van der Waals surface area contributed by atoms with Crippen molar-refractivity contribution in [1.29, 1.82) is 0 Å². The van der Waals surface area contributed by atoms with Crippen molar-refractivity contribution >= 4 is 15.8 Å². The molecule has 0 saturated heterocycles. The van der Waals surface area contributed by atoms with Gasteiger partial charge in [0, 0.05) is 0 Å². The van der Waals surface area contributed by atoms with E-state index in [4.69, 9.17) is 5.11 Å². The van der Waals surface area contributed by atoms with E-state index in [1.165, 1.54) is 12.1 Å². The summed E-state index contributed by atoms with van der Waals surface area (Å²) < 4.78 is 34.5. The minimum atomic E-state index is -3.85. The smallest absolute Gasteiger partial charge is 0.324 e. The van der Waals surface area contributed by atoms with Crippen LogP contribution in [0.5, 0.6) is 0 Å². The van der Waals surface area contributed by atoms with Gasteiger partial charge in [-0.1, -0.05) is 12.1 Å². The molecule has 0 bridgehead atoms. The Balaban J connectivity index is 3.02. The number of aliphatic carboxylic acids is 1. The van der Waals surface area contributed by atoms with Gasteiger partial charge < -0.3 is 5.11 Å². The molecular weight excluding hydrogens is 247 g/mol. The van der Waals surface area contributed by atoms with E-state index < -0.39 is 32.1 Å². The van der Waals surface area contributed by atoms with Gasteiger partial charge >= 0.3 is 5.97 Å². The highest BCUT2D eigenvalue weighted by atomic mass is 32.2. The molecule has 0 aliphatic heterocycles. The molecule has 1 aromatic rings. The highest BCUT2D eigenvalue weighted by Gasteiger charge is 2.41. The van der Waals surface area contributed by atoms with E-state index in [0.717, 1.165) is 26.0 Å².